The predicted molar refractivity (Wildman–Crippen MR) is 70.7 cm³/mol. The molecule has 2 aromatic rings. The average molecular weight is 262 g/mol. The first-order chi connectivity index (χ1) is 8.88. The lowest BCUT2D eigenvalue weighted by molar-refractivity contribution is 0.109. The molecule has 3 rings (SSSR count). The van der Waals surface area contributed by atoms with Crippen LogP contribution in [0, 0.1) is 0 Å². The van der Waals surface area contributed by atoms with Crippen LogP contribution in [0.15, 0.2) is 10.9 Å². The Balaban J connectivity index is 2.09. The minimum absolute atomic E-state index is 0.592. The lowest BCUT2D eigenvalue weighted by Crippen LogP contribution is -2.17. The molecule has 0 atom stereocenters. The van der Waals surface area contributed by atoms with Crippen molar-refractivity contribution in [2.45, 2.75) is 20.0 Å². The Morgan fingerprint density at radius 3 is 3.17 bits per heavy atom. The molecular weight excluding hydrogens is 248 g/mol. The van der Waals surface area contributed by atoms with Crippen LogP contribution in [-0.2, 0) is 17.8 Å². The van der Waals surface area contributed by atoms with Crippen molar-refractivity contribution in [2.75, 3.05) is 18.5 Å². The molecule has 0 unspecified atom stereocenters. The van der Waals surface area contributed by atoms with E-state index >= 15 is 0 Å². The van der Waals surface area contributed by atoms with Crippen LogP contribution < -0.4 is 5.32 Å². The summed E-state index contributed by atoms with van der Waals surface area (Å²) in [6.07, 6.45) is 0.841. The Morgan fingerprint density at radius 1 is 1.44 bits per heavy atom. The smallest absolute Gasteiger partial charge is 0.181 e. The molecule has 0 aliphatic carbocycles. The minimum Gasteiger partial charge on any atom is -0.376 e. The SMILES string of the molecule is CCNc1nc(-c2cscn2)nc2c1COCC2. The fraction of sp³-hybridized carbons (Fsp3) is 0.417. The minimum atomic E-state index is 0.592. The fourth-order valence-corrected chi connectivity index (χ4v) is 2.51. The zero-order chi connectivity index (χ0) is 12.4. The van der Waals surface area contributed by atoms with Gasteiger partial charge in [-0.15, -0.1) is 11.3 Å². The summed E-state index contributed by atoms with van der Waals surface area (Å²) in [6.45, 7) is 4.21. The third-order valence-corrected chi connectivity index (χ3v) is 3.41. The van der Waals surface area contributed by atoms with Crippen molar-refractivity contribution in [1.82, 2.24) is 15.0 Å². The topological polar surface area (TPSA) is 59.9 Å². The van der Waals surface area contributed by atoms with E-state index in [-0.39, 0.29) is 0 Å². The summed E-state index contributed by atoms with van der Waals surface area (Å²) in [5.74, 6) is 1.58. The number of anilines is 1. The number of hydrogen-bond acceptors (Lipinski definition) is 6. The maximum absolute atomic E-state index is 5.48. The van der Waals surface area contributed by atoms with Crippen LogP contribution >= 0.6 is 11.3 Å². The normalized spacial score (nSPS) is 14.3. The van der Waals surface area contributed by atoms with Crippen molar-refractivity contribution in [2.24, 2.45) is 0 Å². The van der Waals surface area contributed by atoms with Gasteiger partial charge >= 0.3 is 0 Å². The van der Waals surface area contributed by atoms with Gasteiger partial charge in [-0.05, 0) is 6.92 Å². The van der Waals surface area contributed by atoms with Gasteiger partial charge in [0.2, 0.25) is 0 Å². The van der Waals surface area contributed by atoms with Gasteiger partial charge in [0.25, 0.3) is 0 Å². The monoisotopic (exact) mass is 262 g/mol. The van der Waals surface area contributed by atoms with Gasteiger partial charge in [-0.3, -0.25) is 0 Å². The van der Waals surface area contributed by atoms with E-state index < -0.39 is 0 Å². The first-order valence-corrected chi connectivity index (χ1v) is 6.92. The second-order valence-corrected chi connectivity index (χ2v) is 4.75. The van der Waals surface area contributed by atoms with Crippen LogP contribution in [0.25, 0.3) is 11.5 Å². The van der Waals surface area contributed by atoms with Crippen molar-refractivity contribution in [3.8, 4) is 11.5 Å². The molecule has 6 heteroatoms. The van der Waals surface area contributed by atoms with Crippen molar-refractivity contribution in [3.05, 3.63) is 22.1 Å². The Morgan fingerprint density at radius 2 is 2.39 bits per heavy atom. The van der Waals surface area contributed by atoms with E-state index in [1.807, 2.05) is 5.38 Å². The Bertz CT molecular complexity index is 541. The Kier molecular flexibility index (Phi) is 3.21. The van der Waals surface area contributed by atoms with E-state index in [1.165, 1.54) is 0 Å². The van der Waals surface area contributed by atoms with Crippen molar-refractivity contribution < 1.29 is 4.74 Å². The highest BCUT2D eigenvalue weighted by molar-refractivity contribution is 7.07. The highest BCUT2D eigenvalue weighted by Crippen LogP contribution is 2.25. The molecule has 0 amide bonds. The molecule has 94 valence electrons. The van der Waals surface area contributed by atoms with Crippen molar-refractivity contribution in [3.63, 3.8) is 0 Å². The second kappa shape index (κ2) is 4.99. The molecule has 2 aromatic heterocycles. The first kappa shape index (κ1) is 11.6. The largest absolute Gasteiger partial charge is 0.376 e. The lowest BCUT2D eigenvalue weighted by Gasteiger charge is -2.19. The standard InChI is InChI=1S/C12H14N4OS/c1-2-13-11-8-5-17-4-3-9(8)15-12(16-11)10-6-18-7-14-10/h6-7H,2-5H2,1H3,(H,13,15,16). The van der Waals surface area contributed by atoms with Gasteiger partial charge in [-0.2, -0.15) is 0 Å². The molecule has 1 N–H and O–H groups in total. The van der Waals surface area contributed by atoms with Gasteiger partial charge in [0.05, 0.1) is 24.4 Å². The average Bonchev–Trinajstić information content (AvgIpc) is 2.93. The Labute approximate surface area is 109 Å². The van der Waals surface area contributed by atoms with Crippen molar-refractivity contribution in [1.29, 1.82) is 0 Å². The van der Waals surface area contributed by atoms with Crippen LogP contribution in [0.5, 0.6) is 0 Å². The zero-order valence-corrected chi connectivity index (χ0v) is 11.0. The van der Waals surface area contributed by atoms with E-state index in [4.69, 9.17) is 4.74 Å². The van der Waals surface area contributed by atoms with Gasteiger partial charge in [0.15, 0.2) is 5.82 Å². The first-order valence-electron chi connectivity index (χ1n) is 5.98. The summed E-state index contributed by atoms with van der Waals surface area (Å²) in [4.78, 5) is 13.4. The molecule has 1 aliphatic rings. The summed E-state index contributed by atoms with van der Waals surface area (Å²) in [7, 11) is 0. The number of hydrogen-bond donors (Lipinski definition) is 1. The van der Waals surface area contributed by atoms with E-state index in [2.05, 4.69) is 27.2 Å². The number of nitrogens with zero attached hydrogens (tertiary/aromatic N) is 3. The maximum Gasteiger partial charge on any atom is 0.181 e. The van der Waals surface area contributed by atoms with Crippen LogP contribution in [0.3, 0.4) is 0 Å². The third-order valence-electron chi connectivity index (χ3n) is 2.83. The molecule has 0 radical (unpaired) electrons. The molecule has 3 heterocycles. The predicted octanol–water partition coefficient (Wildman–Crippen LogP) is 2.10. The summed E-state index contributed by atoms with van der Waals surface area (Å²) in [5, 5.41) is 5.25. The molecule has 0 saturated heterocycles. The van der Waals surface area contributed by atoms with Gasteiger partial charge < -0.3 is 10.1 Å². The molecule has 18 heavy (non-hydrogen) atoms. The molecular formula is C12H14N4OS. The highest BCUT2D eigenvalue weighted by atomic mass is 32.1. The molecule has 0 fully saturated rings. The fourth-order valence-electron chi connectivity index (χ4n) is 1.98. The molecule has 0 bridgehead atoms. The molecule has 0 spiro atoms. The summed E-state index contributed by atoms with van der Waals surface area (Å²) >= 11 is 1.55. The number of aromatic nitrogens is 3. The molecule has 0 saturated carbocycles. The van der Waals surface area contributed by atoms with E-state index in [0.717, 1.165) is 42.3 Å². The number of thiazole rings is 1. The van der Waals surface area contributed by atoms with Crippen LogP contribution in [0.4, 0.5) is 5.82 Å². The number of nitrogens with one attached hydrogen (secondary N) is 1. The third kappa shape index (κ3) is 2.09. The van der Waals surface area contributed by atoms with Gasteiger partial charge in [0.1, 0.15) is 11.5 Å². The maximum atomic E-state index is 5.48. The van der Waals surface area contributed by atoms with Gasteiger partial charge in [-0.1, -0.05) is 0 Å². The second-order valence-electron chi connectivity index (χ2n) is 4.03. The van der Waals surface area contributed by atoms with Crippen LogP contribution in [0.1, 0.15) is 18.2 Å². The molecule has 5 nitrogen and oxygen atoms in total. The number of rotatable bonds is 3. The quantitative estimate of drug-likeness (QED) is 0.918. The number of ether oxygens (including phenoxy) is 1. The van der Waals surface area contributed by atoms with Crippen molar-refractivity contribution >= 4 is 17.2 Å². The van der Waals surface area contributed by atoms with Gasteiger partial charge in [-0.25, -0.2) is 15.0 Å². The Hall–Kier alpha value is -1.53. The molecule has 1 aliphatic heterocycles. The zero-order valence-electron chi connectivity index (χ0n) is 10.1. The van der Waals surface area contributed by atoms with Gasteiger partial charge in [0, 0.05) is 23.9 Å². The van der Waals surface area contributed by atoms with Crippen LogP contribution in [-0.4, -0.2) is 28.1 Å². The number of fused-ring (bicyclic) bond motifs is 1. The lowest BCUT2D eigenvalue weighted by atomic mass is 10.1. The van der Waals surface area contributed by atoms with E-state index in [9.17, 15) is 0 Å². The van der Waals surface area contributed by atoms with E-state index in [1.54, 1.807) is 16.8 Å². The summed E-state index contributed by atoms with van der Waals surface area (Å²) in [6, 6.07) is 0. The van der Waals surface area contributed by atoms with E-state index in [0.29, 0.717) is 12.4 Å². The summed E-state index contributed by atoms with van der Waals surface area (Å²) < 4.78 is 5.48. The molecule has 0 aromatic carbocycles. The van der Waals surface area contributed by atoms with Crippen LogP contribution in [0.2, 0.25) is 0 Å². The highest BCUT2D eigenvalue weighted by Gasteiger charge is 2.19. The summed E-state index contributed by atoms with van der Waals surface area (Å²) in [5.41, 5.74) is 4.81.